The average molecular weight is 472 g/mol. The van der Waals surface area contributed by atoms with Gasteiger partial charge in [-0.3, -0.25) is 4.79 Å². The van der Waals surface area contributed by atoms with Gasteiger partial charge >= 0.3 is 0 Å². The van der Waals surface area contributed by atoms with Crippen molar-refractivity contribution in [2.75, 3.05) is 0 Å². The second kappa shape index (κ2) is 9.62. The number of hydrogen-bond acceptors (Lipinski definition) is 2. The molecular weight excluding hydrogens is 448 g/mol. The quantitative estimate of drug-likeness (QED) is 0.442. The Balaban J connectivity index is 1.56. The predicted octanol–water partition coefficient (Wildman–Crippen LogP) is 6.84. The fraction of sp³-hybridized carbons (Fsp3) is 0.269. The summed E-state index contributed by atoms with van der Waals surface area (Å²) in [7, 11) is 0. The Morgan fingerprint density at radius 3 is 1.84 bits per heavy atom. The van der Waals surface area contributed by atoms with Crippen LogP contribution in [-0.2, 0) is 16.0 Å². The third-order valence-corrected chi connectivity index (χ3v) is 6.31. The van der Waals surface area contributed by atoms with E-state index in [9.17, 15) is 9.18 Å². The molecule has 4 rings (SSSR count). The standard InChI is InChI=1S/C26H24Cl2FNO2/c1-26(30-25(31)14-17-2-12-22(29)13-3-17)15-23(18-4-8-20(27)9-5-18)32-24(16-26)19-6-10-21(28)11-7-19/h2-13,23-24H,14-16H2,1H3,(H,30,31)/t23-,24+,26?. The maximum atomic E-state index is 13.2. The van der Waals surface area contributed by atoms with Crippen LogP contribution in [0.25, 0.3) is 0 Å². The second-order valence-electron chi connectivity index (χ2n) is 8.54. The van der Waals surface area contributed by atoms with Crippen LogP contribution in [0.1, 0.15) is 48.7 Å². The van der Waals surface area contributed by atoms with E-state index in [1.807, 2.05) is 55.5 Å². The van der Waals surface area contributed by atoms with Gasteiger partial charge in [-0.05, 0) is 60.0 Å². The maximum absolute atomic E-state index is 13.2. The van der Waals surface area contributed by atoms with Crippen molar-refractivity contribution in [2.24, 2.45) is 0 Å². The number of carbonyl (C=O) groups is 1. The Hall–Kier alpha value is -2.40. The molecule has 0 radical (unpaired) electrons. The van der Waals surface area contributed by atoms with E-state index in [0.717, 1.165) is 16.7 Å². The van der Waals surface area contributed by atoms with Crippen LogP contribution in [-0.4, -0.2) is 11.4 Å². The lowest BCUT2D eigenvalue weighted by Crippen LogP contribution is -2.51. The Kier molecular flexibility index (Phi) is 6.85. The summed E-state index contributed by atoms with van der Waals surface area (Å²) in [5.74, 6) is -0.423. The number of rotatable bonds is 5. The van der Waals surface area contributed by atoms with Gasteiger partial charge in [-0.1, -0.05) is 59.6 Å². The second-order valence-corrected chi connectivity index (χ2v) is 9.41. The first-order valence-electron chi connectivity index (χ1n) is 10.5. The minimum Gasteiger partial charge on any atom is -0.365 e. The zero-order chi connectivity index (χ0) is 22.7. The molecule has 1 aliphatic heterocycles. The Labute approximate surface area is 197 Å². The molecule has 1 aliphatic rings. The molecule has 32 heavy (non-hydrogen) atoms. The normalized spacial score (nSPS) is 23.0. The molecule has 1 fully saturated rings. The SMILES string of the molecule is CC1(NC(=O)Cc2ccc(F)cc2)C[C@@H](c2ccc(Cl)cc2)O[C@@H](c2ccc(Cl)cc2)C1. The maximum Gasteiger partial charge on any atom is 0.224 e. The lowest BCUT2D eigenvalue weighted by atomic mass is 9.81. The molecule has 0 spiro atoms. The lowest BCUT2D eigenvalue weighted by Gasteiger charge is -2.43. The fourth-order valence-corrected chi connectivity index (χ4v) is 4.47. The Morgan fingerprint density at radius 2 is 1.38 bits per heavy atom. The highest BCUT2D eigenvalue weighted by atomic mass is 35.5. The summed E-state index contributed by atoms with van der Waals surface area (Å²) in [6.07, 6.45) is 1.01. The number of hydrogen-bond donors (Lipinski definition) is 1. The van der Waals surface area contributed by atoms with Crippen molar-refractivity contribution in [1.29, 1.82) is 0 Å². The summed E-state index contributed by atoms with van der Waals surface area (Å²) in [4.78, 5) is 12.9. The molecule has 3 nitrogen and oxygen atoms in total. The largest absolute Gasteiger partial charge is 0.365 e. The van der Waals surface area contributed by atoms with Crippen molar-refractivity contribution in [3.8, 4) is 0 Å². The van der Waals surface area contributed by atoms with E-state index < -0.39 is 5.54 Å². The zero-order valence-corrected chi connectivity index (χ0v) is 19.2. The topological polar surface area (TPSA) is 38.3 Å². The number of benzene rings is 3. The first-order valence-corrected chi connectivity index (χ1v) is 11.3. The van der Waals surface area contributed by atoms with Crippen molar-refractivity contribution in [3.63, 3.8) is 0 Å². The monoisotopic (exact) mass is 471 g/mol. The van der Waals surface area contributed by atoms with Gasteiger partial charge in [0.2, 0.25) is 5.91 Å². The first-order chi connectivity index (χ1) is 15.3. The van der Waals surface area contributed by atoms with Crippen molar-refractivity contribution in [2.45, 2.75) is 43.9 Å². The van der Waals surface area contributed by atoms with Crippen LogP contribution in [0, 0.1) is 5.82 Å². The van der Waals surface area contributed by atoms with Crippen LogP contribution in [0.2, 0.25) is 10.0 Å². The molecule has 166 valence electrons. The van der Waals surface area contributed by atoms with Gasteiger partial charge in [0.25, 0.3) is 0 Å². The average Bonchev–Trinajstić information content (AvgIpc) is 2.75. The van der Waals surface area contributed by atoms with Crippen LogP contribution in [0.3, 0.4) is 0 Å². The van der Waals surface area contributed by atoms with E-state index in [-0.39, 0.29) is 30.4 Å². The molecule has 6 heteroatoms. The van der Waals surface area contributed by atoms with Gasteiger partial charge in [0.15, 0.2) is 0 Å². The van der Waals surface area contributed by atoms with Gasteiger partial charge in [0.1, 0.15) is 5.82 Å². The van der Waals surface area contributed by atoms with Crippen LogP contribution in [0.4, 0.5) is 4.39 Å². The van der Waals surface area contributed by atoms with Crippen LogP contribution in [0.5, 0.6) is 0 Å². The van der Waals surface area contributed by atoms with Gasteiger partial charge in [-0.2, -0.15) is 0 Å². The van der Waals surface area contributed by atoms with Crippen molar-refractivity contribution < 1.29 is 13.9 Å². The molecule has 0 bridgehead atoms. The fourth-order valence-electron chi connectivity index (χ4n) is 4.21. The first kappa shape index (κ1) is 22.8. The predicted molar refractivity (Wildman–Crippen MR) is 125 cm³/mol. The summed E-state index contributed by atoms with van der Waals surface area (Å²) in [5, 5.41) is 4.54. The van der Waals surface area contributed by atoms with E-state index in [0.29, 0.717) is 22.9 Å². The number of ether oxygens (including phenoxy) is 1. The molecule has 3 aromatic carbocycles. The molecule has 0 aromatic heterocycles. The summed E-state index contributed by atoms with van der Waals surface area (Å²) >= 11 is 12.1. The zero-order valence-electron chi connectivity index (χ0n) is 17.7. The molecule has 0 saturated carbocycles. The molecule has 3 aromatic rings. The molecule has 1 unspecified atom stereocenters. The minimum absolute atomic E-state index is 0.106. The molecule has 1 amide bonds. The lowest BCUT2D eigenvalue weighted by molar-refractivity contribution is -0.128. The van der Waals surface area contributed by atoms with E-state index in [1.54, 1.807) is 12.1 Å². The molecule has 1 saturated heterocycles. The summed E-state index contributed by atoms with van der Waals surface area (Å²) in [6.45, 7) is 2.05. The highest BCUT2D eigenvalue weighted by Crippen LogP contribution is 2.44. The molecule has 1 heterocycles. The van der Waals surface area contributed by atoms with Crippen LogP contribution in [0.15, 0.2) is 72.8 Å². The van der Waals surface area contributed by atoms with Crippen LogP contribution >= 0.6 is 23.2 Å². The summed E-state index contributed by atoms with van der Waals surface area (Å²) in [6, 6.07) is 21.2. The minimum atomic E-state index is -0.496. The van der Waals surface area contributed by atoms with E-state index in [1.165, 1.54) is 12.1 Å². The molecule has 0 aliphatic carbocycles. The summed E-state index contributed by atoms with van der Waals surface area (Å²) < 4.78 is 19.7. The molecule has 1 N–H and O–H groups in total. The smallest absolute Gasteiger partial charge is 0.224 e. The van der Waals surface area contributed by atoms with Crippen molar-refractivity contribution in [3.05, 3.63) is 105 Å². The number of halogens is 3. The van der Waals surface area contributed by atoms with Crippen molar-refractivity contribution >= 4 is 29.1 Å². The highest BCUT2D eigenvalue weighted by Gasteiger charge is 2.40. The van der Waals surface area contributed by atoms with Gasteiger partial charge in [-0.25, -0.2) is 4.39 Å². The van der Waals surface area contributed by atoms with E-state index in [4.69, 9.17) is 27.9 Å². The van der Waals surface area contributed by atoms with Crippen molar-refractivity contribution in [1.82, 2.24) is 5.32 Å². The molecular formula is C26H24Cl2FNO2. The summed E-state index contributed by atoms with van der Waals surface area (Å²) in [5.41, 5.74) is 2.28. The number of amides is 1. The van der Waals surface area contributed by atoms with Gasteiger partial charge in [0, 0.05) is 28.4 Å². The van der Waals surface area contributed by atoms with Gasteiger partial charge in [0.05, 0.1) is 18.6 Å². The Morgan fingerprint density at radius 1 is 0.906 bits per heavy atom. The van der Waals surface area contributed by atoms with E-state index in [2.05, 4.69) is 5.32 Å². The third kappa shape index (κ3) is 5.69. The van der Waals surface area contributed by atoms with Crippen LogP contribution < -0.4 is 5.32 Å². The van der Waals surface area contributed by atoms with Gasteiger partial charge < -0.3 is 10.1 Å². The Bertz CT molecular complexity index is 1010. The number of carbonyl (C=O) groups excluding carboxylic acids is 1. The number of nitrogens with one attached hydrogen (secondary N) is 1. The van der Waals surface area contributed by atoms with E-state index >= 15 is 0 Å². The molecule has 3 atom stereocenters. The third-order valence-electron chi connectivity index (χ3n) is 5.80. The van der Waals surface area contributed by atoms with Gasteiger partial charge in [-0.15, -0.1) is 0 Å². The highest BCUT2D eigenvalue weighted by molar-refractivity contribution is 6.30.